The summed E-state index contributed by atoms with van der Waals surface area (Å²) in [6, 6.07) is 7.02. The molecule has 0 aliphatic heterocycles. The largest absolute Gasteiger partial charge is 0.468 e. The van der Waals surface area contributed by atoms with E-state index in [9.17, 15) is 13.2 Å². The van der Waals surface area contributed by atoms with Crippen molar-refractivity contribution in [2.45, 2.75) is 32.6 Å². The molecule has 1 atom stereocenters. The van der Waals surface area contributed by atoms with Gasteiger partial charge >= 0.3 is 6.18 Å². The van der Waals surface area contributed by atoms with Crippen molar-refractivity contribution >= 4 is 0 Å². The van der Waals surface area contributed by atoms with E-state index in [1.54, 1.807) is 12.3 Å². The summed E-state index contributed by atoms with van der Waals surface area (Å²) in [7, 11) is 0. The SMILES string of the molecule is Cc1ccoc1CNC(C)c1cccc(C(F)(F)F)c1. The Bertz CT molecular complexity index is 574. The number of benzene rings is 1. The topological polar surface area (TPSA) is 25.2 Å². The van der Waals surface area contributed by atoms with Crippen LogP contribution in [-0.4, -0.2) is 0 Å². The van der Waals surface area contributed by atoms with Gasteiger partial charge in [0.05, 0.1) is 18.4 Å². The predicted octanol–water partition coefficient (Wildman–Crippen LogP) is 4.46. The van der Waals surface area contributed by atoms with Crippen molar-refractivity contribution in [3.63, 3.8) is 0 Å². The normalized spacial score (nSPS) is 13.4. The van der Waals surface area contributed by atoms with Gasteiger partial charge in [-0.15, -0.1) is 0 Å². The van der Waals surface area contributed by atoms with Gasteiger partial charge in [0.15, 0.2) is 0 Å². The predicted molar refractivity (Wildman–Crippen MR) is 70.1 cm³/mol. The number of hydrogen-bond acceptors (Lipinski definition) is 2. The zero-order chi connectivity index (χ0) is 14.8. The van der Waals surface area contributed by atoms with Gasteiger partial charge < -0.3 is 9.73 Å². The van der Waals surface area contributed by atoms with E-state index in [1.165, 1.54) is 12.1 Å². The Morgan fingerprint density at radius 2 is 2.00 bits per heavy atom. The van der Waals surface area contributed by atoms with Gasteiger partial charge in [0.25, 0.3) is 0 Å². The molecule has 0 saturated heterocycles. The van der Waals surface area contributed by atoms with E-state index in [1.807, 2.05) is 19.9 Å². The summed E-state index contributed by atoms with van der Waals surface area (Å²) in [6.07, 6.45) is -2.71. The molecule has 0 aliphatic carbocycles. The Kier molecular flexibility index (Phi) is 4.18. The molecular formula is C15H16F3NO. The molecule has 0 spiro atoms. The molecule has 0 aliphatic rings. The fraction of sp³-hybridized carbons (Fsp3) is 0.333. The fourth-order valence-electron chi connectivity index (χ4n) is 1.93. The van der Waals surface area contributed by atoms with Crippen molar-refractivity contribution in [2.75, 3.05) is 0 Å². The Labute approximate surface area is 115 Å². The number of aryl methyl sites for hydroxylation is 1. The summed E-state index contributed by atoms with van der Waals surface area (Å²) < 4.78 is 43.3. The Hall–Kier alpha value is -1.75. The molecule has 0 bridgehead atoms. The minimum Gasteiger partial charge on any atom is -0.468 e. The molecular weight excluding hydrogens is 267 g/mol. The lowest BCUT2D eigenvalue weighted by molar-refractivity contribution is -0.137. The van der Waals surface area contributed by atoms with Gasteiger partial charge in [0.2, 0.25) is 0 Å². The monoisotopic (exact) mass is 283 g/mol. The van der Waals surface area contributed by atoms with E-state index in [2.05, 4.69) is 5.32 Å². The molecule has 0 amide bonds. The lowest BCUT2D eigenvalue weighted by atomic mass is 10.0. The smallest absolute Gasteiger partial charge is 0.416 e. The number of furan rings is 1. The molecule has 0 fully saturated rings. The minimum atomic E-state index is -4.31. The molecule has 0 saturated carbocycles. The molecule has 108 valence electrons. The van der Waals surface area contributed by atoms with Crippen molar-refractivity contribution in [1.82, 2.24) is 5.32 Å². The highest BCUT2D eigenvalue weighted by Gasteiger charge is 2.30. The van der Waals surface area contributed by atoms with Crippen molar-refractivity contribution in [3.8, 4) is 0 Å². The van der Waals surface area contributed by atoms with Crippen molar-refractivity contribution in [1.29, 1.82) is 0 Å². The van der Waals surface area contributed by atoms with E-state index < -0.39 is 11.7 Å². The minimum absolute atomic E-state index is 0.193. The van der Waals surface area contributed by atoms with Gasteiger partial charge in [-0.05, 0) is 43.2 Å². The fourth-order valence-corrected chi connectivity index (χ4v) is 1.93. The van der Waals surface area contributed by atoms with Gasteiger partial charge in [-0.25, -0.2) is 0 Å². The van der Waals surface area contributed by atoms with Gasteiger partial charge in [-0.2, -0.15) is 13.2 Å². The van der Waals surface area contributed by atoms with Crippen LogP contribution in [0.3, 0.4) is 0 Å². The van der Waals surface area contributed by atoms with E-state index >= 15 is 0 Å². The van der Waals surface area contributed by atoms with Gasteiger partial charge in [-0.3, -0.25) is 0 Å². The average Bonchev–Trinajstić information content (AvgIpc) is 2.81. The van der Waals surface area contributed by atoms with Gasteiger partial charge in [0.1, 0.15) is 5.76 Å². The summed E-state index contributed by atoms with van der Waals surface area (Å²) in [5.41, 5.74) is 0.996. The molecule has 1 N–H and O–H groups in total. The first kappa shape index (κ1) is 14.7. The summed E-state index contributed by atoms with van der Waals surface area (Å²) in [6.45, 7) is 4.24. The van der Waals surface area contributed by atoms with Crippen LogP contribution in [0.4, 0.5) is 13.2 Å². The molecule has 20 heavy (non-hydrogen) atoms. The van der Waals surface area contributed by atoms with Gasteiger partial charge in [-0.1, -0.05) is 12.1 Å². The number of hydrogen-bond donors (Lipinski definition) is 1. The molecule has 0 radical (unpaired) electrons. The van der Waals surface area contributed by atoms with Gasteiger partial charge in [0, 0.05) is 6.04 Å². The number of alkyl halides is 3. The second-order valence-electron chi connectivity index (χ2n) is 4.75. The lowest BCUT2D eigenvalue weighted by Crippen LogP contribution is -2.18. The summed E-state index contributed by atoms with van der Waals surface area (Å²) >= 11 is 0. The Balaban J connectivity index is 2.06. The molecule has 5 heteroatoms. The second kappa shape index (κ2) is 5.71. The molecule has 1 unspecified atom stereocenters. The lowest BCUT2D eigenvalue weighted by Gasteiger charge is -2.15. The highest BCUT2D eigenvalue weighted by molar-refractivity contribution is 5.27. The molecule has 1 aromatic heterocycles. The number of rotatable bonds is 4. The quantitative estimate of drug-likeness (QED) is 0.896. The van der Waals surface area contributed by atoms with Crippen LogP contribution in [0.25, 0.3) is 0 Å². The first-order valence-corrected chi connectivity index (χ1v) is 6.31. The maximum absolute atomic E-state index is 12.7. The standard InChI is InChI=1S/C15H16F3NO/c1-10-6-7-20-14(10)9-19-11(2)12-4-3-5-13(8-12)15(16,17)18/h3-8,11,19H,9H2,1-2H3. The van der Waals surface area contributed by atoms with Crippen LogP contribution in [0.15, 0.2) is 41.0 Å². The molecule has 2 nitrogen and oxygen atoms in total. The van der Waals surface area contributed by atoms with Crippen LogP contribution in [0.1, 0.15) is 35.4 Å². The van der Waals surface area contributed by atoms with Crippen LogP contribution < -0.4 is 5.32 Å². The first-order valence-electron chi connectivity index (χ1n) is 6.31. The van der Waals surface area contributed by atoms with E-state index in [4.69, 9.17) is 4.42 Å². The average molecular weight is 283 g/mol. The second-order valence-corrected chi connectivity index (χ2v) is 4.75. The zero-order valence-corrected chi connectivity index (χ0v) is 11.3. The first-order chi connectivity index (χ1) is 9.38. The highest BCUT2D eigenvalue weighted by Crippen LogP contribution is 2.30. The Morgan fingerprint density at radius 3 is 2.60 bits per heavy atom. The summed E-state index contributed by atoms with van der Waals surface area (Å²) in [5, 5.41) is 3.16. The molecule has 1 heterocycles. The summed E-state index contributed by atoms with van der Waals surface area (Å²) in [5.74, 6) is 0.795. The van der Waals surface area contributed by atoms with Crippen molar-refractivity contribution in [2.24, 2.45) is 0 Å². The van der Waals surface area contributed by atoms with Crippen LogP contribution in [0.5, 0.6) is 0 Å². The maximum atomic E-state index is 12.7. The van der Waals surface area contributed by atoms with Crippen molar-refractivity contribution < 1.29 is 17.6 Å². The third kappa shape index (κ3) is 3.42. The summed E-state index contributed by atoms with van der Waals surface area (Å²) in [4.78, 5) is 0. The van der Waals surface area contributed by atoms with E-state index in [0.29, 0.717) is 12.1 Å². The van der Waals surface area contributed by atoms with Crippen LogP contribution in [0, 0.1) is 6.92 Å². The van der Waals surface area contributed by atoms with Crippen LogP contribution in [-0.2, 0) is 12.7 Å². The third-order valence-electron chi connectivity index (χ3n) is 3.25. The number of nitrogens with one attached hydrogen (secondary N) is 1. The van der Waals surface area contributed by atoms with Crippen molar-refractivity contribution in [3.05, 3.63) is 59.0 Å². The molecule has 2 rings (SSSR count). The third-order valence-corrected chi connectivity index (χ3v) is 3.25. The van der Waals surface area contributed by atoms with Crippen LogP contribution >= 0.6 is 0 Å². The number of halogens is 3. The highest BCUT2D eigenvalue weighted by atomic mass is 19.4. The Morgan fingerprint density at radius 1 is 1.25 bits per heavy atom. The molecule has 1 aromatic carbocycles. The van der Waals surface area contributed by atoms with E-state index in [-0.39, 0.29) is 6.04 Å². The zero-order valence-electron chi connectivity index (χ0n) is 11.3. The maximum Gasteiger partial charge on any atom is 0.416 e. The van der Waals surface area contributed by atoms with Crippen LogP contribution in [0.2, 0.25) is 0 Å². The van der Waals surface area contributed by atoms with E-state index in [0.717, 1.165) is 17.4 Å². The molecule has 2 aromatic rings.